The molecule has 0 aliphatic heterocycles. The van der Waals surface area contributed by atoms with Gasteiger partial charge in [-0.2, -0.15) is 0 Å². The van der Waals surface area contributed by atoms with Crippen molar-refractivity contribution in [1.82, 2.24) is 4.72 Å². The minimum absolute atomic E-state index is 0.229. The summed E-state index contributed by atoms with van der Waals surface area (Å²) in [5, 5.41) is 0. The molecule has 0 aromatic heterocycles. The van der Waals surface area contributed by atoms with Crippen LogP contribution in [-0.2, 0) is 16.6 Å². The normalized spacial score (nSPS) is 11.3. The molecule has 15 heavy (non-hydrogen) atoms. The largest absolute Gasteiger partial charge is 0.495 e. The number of sulfonamides is 1. The topological polar surface area (TPSA) is 81.4 Å². The van der Waals surface area contributed by atoms with Crippen LogP contribution in [0.4, 0.5) is 5.69 Å². The maximum Gasteiger partial charge on any atom is 0.209 e. The van der Waals surface area contributed by atoms with E-state index >= 15 is 0 Å². The number of nitrogen functional groups attached to an aromatic ring is 1. The maximum absolute atomic E-state index is 10.8. The highest BCUT2D eigenvalue weighted by molar-refractivity contribution is 7.88. The van der Waals surface area contributed by atoms with Crippen molar-refractivity contribution in [1.29, 1.82) is 0 Å². The lowest BCUT2D eigenvalue weighted by molar-refractivity contribution is 0.417. The molecule has 0 atom stereocenters. The third kappa shape index (κ3) is 3.77. The van der Waals surface area contributed by atoms with E-state index in [9.17, 15) is 8.42 Å². The van der Waals surface area contributed by atoms with Crippen molar-refractivity contribution in [2.45, 2.75) is 6.54 Å². The molecule has 0 spiro atoms. The van der Waals surface area contributed by atoms with Gasteiger partial charge in [0.15, 0.2) is 0 Å². The fraction of sp³-hybridized carbons (Fsp3) is 0.333. The van der Waals surface area contributed by atoms with Crippen LogP contribution >= 0.6 is 0 Å². The fourth-order valence-corrected chi connectivity index (χ4v) is 1.54. The van der Waals surface area contributed by atoms with E-state index in [1.54, 1.807) is 18.2 Å². The van der Waals surface area contributed by atoms with Gasteiger partial charge in [0.05, 0.1) is 19.1 Å². The van der Waals surface area contributed by atoms with E-state index < -0.39 is 10.0 Å². The Morgan fingerprint density at radius 1 is 1.47 bits per heavy atom. The Kier molecular flexibility index (Phi) is 3.54. The minimum atomic E-state index is -3.17. The summed E-state index contributed by atoms with van der Waals surface area (Å²) in [6.45, 7) is 0.229. The molecule has 0 heterocycles. The number of nitrogens with two attached hydrogens (primary N) is 1. The van der Waals surface area contributed by atoms with Crippen molar-refractivity contribution in [3.63, 3.8) is 0 Å². The summed E-state index contributed by atoms with van der Waals surface area (Å²) in [4.78, 5) is 0. The molecule has 84 valence electrons. The van der Waals surface area contributed by atoms with Gasteiger partial charge in [-0.15, -0.1) is 0 Å². The van der Waals surface area contributed by atoms with Crippen LogP contribution in [0.1, 0.15) is 5.56 Å². The summed E-state index contributed by atoms with van der Waals surface area (Å²) >= 11 is 0. The average Bonchev–Trinajstić information content (AvgIpc) is 2.14. The van der Waals surface area contributed by atoms with Gasteiger partial charge < -0.3 is 10.5 Å². The third-order valence-electron chi connectivity index (χ3n) is 1.83. The number of methoxy groups -OCH3 is 1. The molecule has 0 unspecified atom stereocenters. The first kappa shape index (κ1) is 11.8. The lowest BCUT2D eigenvalue weighted by Gasteiger charge is -2.07. The highest BCUT2D eigenvalue weighted by atomic mass is 32.2. The summed E-state index contributed by atoms with van der Waals surface area (Å²) in [5.41, 5.74) is 6.95. The molecule has 1 aromatic rings. The van der Waals surface area contributed by atoms with Gasteiger partial charge in [-0.3, -0.25) is 0 Å². The summed E-state index contributed by atoms with van der Waals surface area (Å²) in [6, 6.07) is 5.14. The number of hydrogen-bond acceptors (Lipinski definition) is 4. The van der Waals surface area contributed by atoms with Crippen LogP contribution in [0, 0.1) is 0 Å². The van der Waals surface area contributed by atoms with Crippen LogP contribution in [-0.4, -0.2) is 21.8 Å². The molecule has 0 saturated carbocycles. The number of rotatable bonds is 4. The standard InChI is InChI=1S/C9H14N2O3S/c1-14-9-4-3-7(5-8(9)10)6-11-15(2,12)13/h3-5,11H,6,10H2,1-2H3. The second kappa shape index (κ2) is 4.50. The smallest absolute Gasteiger partial charge is 0.209 e. The molecule has 0 fully saturated rings. The number of ether oxygens (including phenoxy) is 1. The summed E-state index contributed by atoms with van der Waals surface area (Å²) in [5.74, 6) is 0.582. The zero-order valence-corrected chi connectivity index (χ0v) is 9.47. The number of hydrogen-bond donors (Lipinski definition) is 2. The Morgan fingerprint density at radius 3 is 2.60 bits per heavy atom. The molecule has 0 aliphatic rings. The van der Waals surface area contributed by atoms with Crippen LogP contribution in [0.2, 0.25) is 0 Å². The van der Waals surface area contributed by atoms with E-state index in [4.69, 9.17) is 10.5 Å². The Morgan fingerprint density at radius 2 is 2.13 bits per heavy atom. The van der Waals surface area contributed by atoms with Gasteiger partial charge in [-0.05, 0) is 17.7 Å². The Bertz CT molecular complexity index is 443. The van der Waals surface area contributed by atoms with Crippen molar-refractivity contribution < 1.29 is 13.2 Å². The Balaban J connectivity index is 2.76. The van der Waals surface area contributed by atoms with Crippen molar-refractivity contribution >= 4 is 15.7 Å². The molecule has 0 aliphatic carbocycles. The van der Waals surface area contributed by atoms with Crippen LogP contribution in [0.3, 0.4) is 0 Å². The first-order valence-electron chi connectivity index (χ1n) is 4.29. The lowest BCUT2D eigenvalue weighted by atomic mass is 10.2. The van der Waals surface area contributed by atoms with Crippen LogP contribution < -0.4 is 15.2 Å². The summed E-state index contributed by atoms with van der Waals surface area (Å²) < 4.78 is 29.1. The summed E-state index contributed by atoms with van der Waals surface area (Å²) in [7, 11) is -1.65. The highest BCUT2D eigenvalue weighted by Gasteiger charge is 2.03. The molecule has 0 bridgehead atoms. The third-order valence-corrected chi connectivity index (χ3v) is 2.50. The lowest BCUT2D eigenvalue weighted by Crippen LogP contribution is -2.21. The van der Waals surface area contributed by atoms with E-state index in [0.717, 1.165) is 11.8 Å². The second-order valence-electron chi connectivity index (χ2n) is 3.17. The highest BCUT2D eigenvalue weighted by Crippen LogP contribution is 2.21. The van der Waals surface area contributed by atoms with Gasteiger partial charge in [0, 0.05) is 6.54 Å². The van der Waals surface area contributed by atoms with Crippen molar-refractivity contribution in [2.75, 3.05) is 19.1 Å². The molecule has 1 aromatic carbocycles. The van der Waals surface area contributed by atoms with Crippen LogP contribution in [0.5, 0.6) is 5.75 Å². The monoisotopic (exact) mass is 230 g/mol. The molecular weight excluding hydrogens is 216 g/mol. The van der Waals surface area contributed by atoms with Gasteiger partial charge >= 0.3 is 0 Å². The molecule has 1 rings (SSSR count). The van der Waals surface area contributed by atoms with Crippen LogP contribution in [0.25, 0.3) is 0 Å². The summed E-state index contributed by atoms with van der Waals surface area (Å²) in [6.07, 6.45) is 1.11. The second-order valence-corrected chi connectivity index (χ2v) is 5.00. The van der Waals surface area contributed by atoms with E-state index in [0.29, 0.717) is 11.4 Å². The molecule has 3 N–H and O–H groups in total. The SMILES string of the molecule is COc1ccc(CNS(C)(=O)=O)cc1N. The number of benzene rings is 1. The molecular formula is C9H14N2O3S. The first-order valence-corrected chi connectivity index (χ1v) is 6.18. The molecule has 6 heteroatoms. The van der Waals surface area contributed by atoms with Crippen molar-refractivity contribution in [2.24, 2.45) is 0 Å². The zero-order chi connectivity index (χ0) is 11.5. The van der Waals surface area contributed by atoms with Crippen LogP contribution in [0.15, 0.2) is 18.2 Å². The van der Waals surface area contributed by atoms with Crippen molar-refractivity contribution in [3.05, 3.63) is 23.8 Å². The van der Waals surface area contributed by atoms with E-state index in [1.807, 2.05) is 0 Å². The van der Waals surface area contributed by atoms with E-state index in [2.05, 4.69) is 4.72 Å². The van der Waals surface area contributed by atoms with Gasteiger partial charge in [-0.1, -0.05) is 6.07 Å². The number of anilines is 1. The van der Waals surface area contributed by atoms with Gasteiger partial charge in [0.25, 0.3) is 0 Å². The average molecular weight is 230 g/mol. The van der Waals surface area contributed by atoms with Crippen molar-refractivity contribution in [3.8, 4) is 5.75 Å². The van der Waals surface area contributed by atoms with Gasteiger partial charge in [-0.25, -0.2) is 13.1 Å². The zero-order valence-electron chi connectivity index (χ0n) is 8.65. The molecule has 0 radical (unpaired) electrons. The number of nitrogens with one attached hydrogen (secondary N) is 1. The Hall–Kier alpha value is -1.27. The fourth-order valence-electron chi connectivity index (χ4n) is 1.11. The minimum Gasteiger partial charge on any atom is -0.495 e. The van der Waals surface area contributed by atoms with E-state index in [-0.39, 0.29) is 6.54 Å². The van der Waals surface area contributed by atoms with Gasteiger partial charge in [0.2, 0.25) is 10.0 Å². The Labute approximate surface area is 89.3 Å². The van der Waals surface area contributed by atoms with E-state index in [1.165, 1.54) is 7.11 Å². The first-order chi connectivity index (χ1) is 6.92. The molecule has 0 saturated heterocycles. The molecule has 0 amide bonds. The molecule has 5 nitrogen and oxygen atoms in total. The predicted molar refractivity (Wildman–Crippen MR) is 59.1 cm³/mol. The van der Waals surface area contributed by atoms with Gasteiger partial charge in [0.1, 0.15) is 5.75 Å². The predicted octanol–water partition coefficient (Wildman–Crippen LogP) is 0.327. The quantitative estimate of drug-likeness (QED) is 0.730. The maximum atomic E-state index is 10.8.